The number of halogens is 2. The number of nitrogen functional groups attached to an aromatic ring is 1. The molecule has 9 heteroatoms. The Balaban J connectivity index is 0.00000280. The molecular weight excluding hydrogens is 385 g/mol. The molecular formula is C19H27ClFN5O2. The molecule has 1 aliphatic rings. The Morgan fingerprint density at radius 2 is 2.00 bits per heavy atom. The van der Waals surface area contributed by atoms with Crippen LogP contribution in [0.5, 0.6) is 0 Å². The van der Waals surface area contributed by atoms with Gasteiger partial charge in [0.25, 0.3) is 5.56 Å². The maximum atomic E-state index is 14.9. The summed E-state index contributed by atoms with van der Waals surface area (Å²) in [7, 11) is 1.85. The third-order valence-electron chi connectivity index (χ3n) is 5.65. The van der Waals surface area contributed by atoms with E-state index in [2.05, 4.69) is 5.32 Å². The van der Waals surface area contributed by atoms with Gasteiger partial charge in [0.15, 0.2) is 0 Å². The van der Waals surface area contributed by atoms with Crippen LogP contribution >= 0.6 is 12.4 Å². The average molecular weight is 412 g/mol. The van der Waals surface area contributed by atoms with Crippen LogP contribution in [0.1, 0.15) is 50.3 Å². The predicted molar refractivity (Wildman–Crippen MR) is 112 cm³/mol. The van der Waals surface area contributed by atoms with Gasteiger partial charge in [-0.2, -0.15) is 4.68 Å². The van der Waals surface area contributed by atoms with Gasteiger partial charge in [-0.25, -0.2) is 9.18 Å². The van der Waals surface area contributed by atoms with Crippen molar-refractivity contribution >= 4 is 29.0 Å². The summed E-state index contributed by atoms with van der Waals surface area (Å²) in [4.78, 5) is 25.0. The number of hydrogen-bond acceptors (Lipinski definition) is 5. The fraction of sp³-hybridized carbons (Fsp3) is 0.526. The Labute approximate surface area is 168 Å². The molecule has 0 unspecified atom stereocenters. The highest BCUT2D eigenvalue weighted by molar-refractivity contribution is 6.03. The monoisotopic (exact) mass is 411 g/mol. The second-order valence-corrected chi connectivity index (χ2v) is 7.55. The summed E-state index contributed by atoms with van der Waals surface area (Å²) in [6, 6.07) is 1.25. The molecule has 1 aromatic heterocycles. The molecule has 0 bridgehead atoms. The van der Waals surface area contributed by atoms with Gasteiger partial charge in [0.05, 0.1) is 10.9 Å². The molecule has 4 N–H and O–H groups in total. The number of nitrogens with two attached hydrogens (primary N) is 1. The van der Waals surface area contributed by atoms with Crippen LogP contribution in [0, 0.1) is 24.1 Å². The molecule has 0 amide bonds. The van der Waals surface area contributed by atoms with E-state index in [1.54, 1.807) is 6.92 Å². The van der Waals surface area contributed by atoms with Gasteiger partial charge in [-0.1, -0.05) is 6.92 Å². The van der Waals surface area contributed by atoms with E-state index in [4.69, 9.17) is 11.3 Å². The van der Waals surface area contributed by atoms with Crippen molar-refractivity contribution in [1.29, 1.82) is 5.41 Å². The SMILES string of the molecule is CN[C@@H](C)[C@H](C)CC(=N)c1c(F)cc2c(=O)n(N)c(=O)n(C3CC3)c2c1C.Cl. The maximum Gasteiger partial charge on any atom is 0.350 e. The second kappa shape index (κ2) is 8.05. The largest absolute Gasteiger partial charge is 0.350 e. The second-order valence-electron chi connectivity index (χ2n) is 7.55. The highest BCUT2D eigenvalue weighted by Crippen LogP contribution is 2.37. The third kappa shape index (κ3) is 3.58. The lowest BCUT2D eigenvalue weighted by molar-refractivity contribution is 0.437. The molecule has 1 heterocycles. The fourth-order valence-corrected chi connectivity index (χ4v) is 3.60. The summed E-state index contributed by atoms with van der Waals surface area (Å²) >= 11 is 0. The Morgan fingerprint density at radius 3 is 2.54 bits per heavy atom. The molecule has 0 saturated heterocycles. The van der Waals surface area contributed by atoms with E-state index >= 15 is 0 Å². The van der Waals surface area contributed by atoms with Crippen molar-refractivity contribution in [2.75, 3.05) is 12.9 Å². The number of aryl methyl sites for hydroxylation is 1. The fourth-order valence-electron chi connectivity index (χ4n) is 3.60. The Morgan fingerprint density at radius 1 is 1.39 bits per heavy atom. The summed E-state index contributed by atoms with van der Waals surface area (Å²) < 4.78 is 16.9. The molecule has 1 saturated carbocycles. The van der Waals surface area contributed by atoms with Crippen molar-refractivity contribution in [2.24, 2.45) is 5.92 Å². The zero-order valence-corrected chi connectivity index (χ0v) is 17.3. The van der Waals surface area contributed by atoms with E-state index in [1.807, 2.05) is 20.9 Å². The van der Waals surface area contributed by atoms with E-state index in [-0.39, 0.29) is 47.1 Å². The normalized spacial score (nSPS) is 15.9. The van der Waals surface area contributed by atoms with Gasteiger partial charge in [-0.3, -0.25) is 9.36 Å². The highest BCUT2D eigenvalue weighted by Gasteiger charge is 2.30. The van der Waals surface area contributed by atoms with Crippen LogP contribution in [0.15, 0.2) is 15.7 Å². The van der Waals surface area contributed by atoms with Gasteiger partial charge in [0.2, 0.25) is 0 Å². The number of benzene rings is 1. The van der Waals surface area contributed by atoms with Crippen molar-refractivity contribution in [3.05, 3.63) is 43.8 Å². The molecule has 154 valence electrons. The average Bonchev–Trinajstić information content (AvgIpc) is 3.45. The van der Waals surface area contributed by atoms with Gasteiger partial charge in [-0.15, -0.1) is 12.4 Å². The van der Waals surface area contributed by atoms with Crippen LogP contribution in [0.3, 0.4) is 0 Å². The molecule has 1 aliphatic carbocycles. The van der Waals surface area contributed by atoms with Gasteiger partial charge in [-0.05, 0) is 57.7 Å². The number of nitrogens with zero attached hydrogens (tertiary/aromatic N) is 2. The molecule has 0 spiro atoms. The molecule has 3 rings (SSSR count). The van der Waals surface area contributed by atoms with Crippen molar-refractivity contribution in [1.82, 2.24) is 14.6 Å². The summed E-state index contributed by atoms with van der Waals surface area (Å²) in [5.41, 5.74) is -0.150. The van der Waals surface area contributed by atoms with E-state index in [1.165, 1.54) is 4.57 Å². The predicted octanol–water partition coefficient (Wildman–Crippen LogP) is 2.08. The summed E-state index contributed by atoms with van der Waals surface area (Å²) in [5, 5.41) is 11.7. The van der Waals surface area contributed by atoms with Crippen LogP contribution in [0.25, 0.3) is 10.9 Å². The van der Waals surface area contributed by atoms with Gasteiger partial charge in [0.1, 0.15) is 5.82 Å². The molecule has 2 aromatic rings. The lowest BCUT2D eigenvalue weighted by atomic mass is 9.91. The third-order valence-corrected chi connectivity index (χ3v) is 5.65. The first kappa shape index (κ1) is 22.1. The van der Waals surface area contributed by atoms with Crippen molar-refractivity contribution in [2.45, 2.75) is 52.1 Å². The zero-order valence-electron chi connectivity index (χ0n) is 16.5. The van der Waals surface area contributed by atoms with Crippen LogP contribution in [-0.2, 0) is 0 Å². The van der Waals surface area contributed by atoms with Gasteiger partial charge < -0.3 is 16.6 Å². The molecule has 2 atom stereocenters. The van der Waals surface area contributed by atoms with Crippen LogP contribution < -0.4 is 22.4 Å². The number of rotatable bonds is 6. The first-order valence-corrected chi connectivity index (χ1v) is 9.19. The molecule has 0 radical (unpaired) electrons. The van der Waals surface area contributed by atoms with Crippen molar-refractivity contribution in [3.8, 4) is 0 Å². The van der Waals surface area contributed by atoms with Crippen molar-refractivity contribution < 1.29 is 4.39 Å². The van der Waals surface area contributed by atoms with Crippen LogP contribution in [-0.4, -0.2) is 28.0 Å². The number of fused-ring (bicyclic) bond motifs is 1. The zero-order chi connectivity index (χ0) is 20.0. The van der Waals surface area contributed by atoms with Crippen LogP contribution in [0.4, 0.5) is 4.39 Å². The summed E-state index contributed by atoms with van der Waals surface area (Å²) in [6.45, 7) is 5.67. The lowest BCUT2D eigenvalue weighted by Crippen LogP contribution is -2.44. The summed E-state index contributed by atoms with van der Waals surface area (Å²) in [5.74, 6) is 5.12. The van der Waals surface area contributed by atoms with Crippen LogP contribution in [0.2, 0.25) is 0 Å². The number of hydrogen-bond donors (Lipinski definition) is 3. The quantitative estimate of drug-likeness (QED) is 0.499. The highest BCUT2D eigenvalue weighted by atomic mass is 35.5. The van der Waals surface area contributed by atoms with E-state index in [9.17, 15) is 14.0 Å². The minimum atomic E-state index is -0.718. The Bertz CT molecular complexity index is 1040. The van der Waals surface area contributed by atoms with Gasteiger partial charge >= 0.3 is 5.69 Å². The minimum Gasteiger partial charge on any atom is -0.332 e. The first-order chi connectivity index (χ1) is 12.7. The van der Waals surface area contributed by atoms with E-state index < -0.39 is 17.1 Å². The lowest BCUT2D eigenvalue weighted by Gasteiger charge is -2.21. The van der Waals surface area contributed by atoms with Gasteiger partial charge in [0, 0.05) is 23.4 Å². The molecule has 7 nitrogen and oxygen atoms in total. The Kier molecular flexibility index (Phi) is 6.35. The number of aromatic nitrogens is 2. The van der Waals surface area contributed by atoms with E-state index in [0.717, 1.165) is 18.9 Å². The molecule has 1 aromatic carbocycles. The summed E-state index contributed by atoms with van der Waals surface area (Å²) in [6.07, 6.45) is 2.01. The minimum absolute atomic E-state index is 0. The topological polar surface area (TPSA) is 106 Å². The molecule has 28 heavy (non-hydrogen) atoms. The molecule has 1 fully saturated rings. The standard InChI is InChI=1S/C19H26FN5O2.ClH/c1-9(11(3)23-4)7-15(21)16-10(2)17-13(8-14(16)20)18(26)25(22)19(27)24(17)12-5-6-12;/h8-9,11-12,21,23H,5-7,22H2,1-4H3;1H/t9-,11+;/m1./s1. The number of nitrogens with one attached hydrogen (secondary N) is 2. The van der Waals surface area contributed by atoms with Crippen molar-refractivity contribution in [3.63, 3.8) is 0 Å². The molecule has 0 aliphatic heterocycles. The van der Waals surface area contributed by atoms with E-state index in [0.29, 0.717) is 22.2 Å². The Hall–Kier alpha value is -2.19. The smallest absolute Gasteiger partial charge is 0.332 e. The maximum absolute atomic E-state index is 14.9. The first-order valence-electron chi connectivity index (χ1n) is 9.19.